The number of carbonyl (C=O) groups excluding carboxylic acids is 1. The van der Waals surface area contributed by atoms with Crippen LogP contribution >= 0.6 is 11.6 Å². The number of amides is 1. The van der Waals surface area contributed by atoms with Gasteiger partial charge in [-0.2, -0.15) is 5.10 Å². The van der Waals surface area contributed by atoms with Gasteiger partial charge < -0.3 is 14.6 Å². The van der Waals surface area contributed by atoms with Gasteiger partial charge in [0.05, 0.1) is 6.21 Å². The van der Waals surface area contributed by atoms with Crippen molar-refractivity contribution in [3.63, 3.8) is 0 Å². The van der Waals surface area contributed by atoms with Crippen LogP contribution in [0.5, 0.6) is 17.2 Å². The zero-order valence-electron chi connectivity index (χ0n) is 15.9. The lowest BCUT2D eigenvalue weighted by atomic mass is 10.0. The molecule has 30 heavy (non-hydrogen) atoms. The summed E-state index contributed by atoms with van der Waals surface area (Å²) in [4.78, 5) is 12.3. The van der Waals surface area contributed by atoms with Crippen LogP contribution in [-0.2, 0) is 11.2 Å². The van der Waals surface area contributed by atoms with Crippen LogP contribution in [0.1, 0.15) is 16.7 Å². The average Bonchev–Trinajstić information content (AvgIpc) is 2.77. The van der Waals surface area contributed by atoms with Gasteiger partial charge in [0.2, 0.25) is 6.10 Å². The Kier molecular flexibility index (Phi) is 5.86. The van der Waals surface area contributed by atoms with E-state index in [1.54, 1.807) is 30.3 Å². The highest BCUT2D eigenvalue weighted by Gasteiger charge is 2.27. The molecule has 1 aliphatic heterocycles. The van der Waals surface area contributed by atoms with Gasteiger partial charge in [-0.25, -0.2) is 5.43 Å². The Bertz CT molecular complexity index is 1100. The summed E-state index contributed by atoms with van der Waals surface area (Å²) in [5.41, 5.74) is 4.84. The minimum Gasteiger partial charge on any atom is -0.507 e. The normalized spacial score (nSPS) is 15.2. The molecule has 6 nitrogen and oxygen atoms in total. The molecule has 0 radical (unpaired) electrons. The number of aromatic hydroxyl groups is 1. The summed E-state index contributed by atoms with van der Waals surface area (Å²) in [6, 6.07) is 19.9. The monoisotopic (exact) mass is 422 g/mol. The first-order valence-electron chi connectivity index (χ1n) is 9.37. The lowest BCUT2D eigenvalue weighted by Crippen LogP contribution is -2.42. The van der Waals surface area contributed by atoms with E-state index in [-0.39, 0.29) is 12.4 Å². The topological polar surface area (TPSA) is 80.2 Å². The van der Waals surface area contributed by atoms with Crippen molar-refractivity contribution in [1.29, 1.82) is 0 Å². The number of carbonyl (C=O) groups is 1. The van der Waals surface area contributed by atoms with E-state index in [1.165, 1.54) is 6.21 Å². The largest absolute Gasteiger partial charge is 0.507 e. The van der Waals surface area contributed by atoms with Crippen molar-refractivity contribution in [3.05, 3.63) is 88.4 Å². The molecule has 4 rings (SSSR count). The number of phenols is 1. The summed E-state index contributed by atoms with van der Waals surface area (Å²) < 4.78 is 11.2. The van der Waals surface area contributed by atoms with Crippen molar-refractivity contribution >= 4 is 23.7 Å². The molecule has 1 heterocycles. The molecule has 3 aromatic rings. The lowest BCUT2D eigenvalue weighted by Gasteiger charge is -2.24. The van der Waals surface area contributed by atoms with Crippen LogP contribution in [0.3, 0.4) is 0 Å². The summed E-state index contributed by atoms with van der Waals surface area (Å²) >= 11 is 6.22. The van der Waals surface area contributed by atoms with E-state index in [0.29, 0.717) is 28.5 Å². The average molecular weight is 423 g/mol. The number of hydrogen-bond donors (Lipinski definition) is 2. The molecule has 7 heteroatoms. The van der Waals surface area contributed by atoms with E-state index in [9.17, 15) is 9.90 Å². The number of hydrogen-bond acceptors (Lipinski definition) is 5. The Hall–Kier alpha value is -3.51. The number of ether oxygens (including phenoxy) is 2. The van der Waals surface area contributed by atoms with Crippen LogP contribution < -0.4 is 14.9 Å². The maximum absolute atomic E-state index is 12.3. The van der Waals surface area contributed by atoms with Gasteiger partial charge in [0.25, 0.3) is 5.91 Å². The van der Waals surface area contributed by atoms with E-state index < -0.39 is 12.0 Å². The second-order valence-corrected chi connectivity index (χ2v) is 7.17. The van der Waals surface area contributed by atoms with Gasteiger partial charge in [0.15, 0.2) is 11.5 Å². The second kappa shape index (κ2) is 8.88. The molecule has 0 saturated heterocycles. The van der Waals surface area contributed by atoms with Crippen LogP contribution in [0.25, 0.3) is 0 Å². The van der Waals surface area contributed by atoms with E-state index in [2.05, 4.69) is 10.5 Å². The Balaban J connectivity index is 1.40. The van der Waals surface area contributed by atoms with Crippen molar-refractivity contribution in [2.75, 3.05) is 6.61 Å². The third-order valence-corrected chi connectivity index (χ3v) is 4.99. The van der Waals surface area contributed by atoms with Crippen LogP contribution in [-0.4, -0.2) is 29.9 Å². The molecule has 1 unspecified atom stereocenters. The molecule has 1 aliphatic rings. The second-order valence-electron chi connectivity index (χ2n) is 6.76. The van der Waals surface area contributed by atoms with Crippen LogP contribution in [0, 0.1) is 0 Å². The standard InChI is InChI=1S/C23H19ClN2O4/c24-18-6-2-1-5-16(18)11-15-9-10-19(27)17(12-15)13-25-26-23(28)22-14-29-20-7-3-4-8-21(20)30-22/h1-10,12-13,22,27H,11,14H2,(H,26,28)/b25-13+. The molecular weight excluding hydrogens is 404 g/mol. The summed E-state index contributed by atoms with van der Waals surface area (Å²) in [7, 11) is 0. The van der Waals surface area contributed by atoms with Gasteiger partial charge >= 0.3 is 0 Å². The van der Waals surface area contributed by atoms with Crippen molar-refractivity contribution in [3.8, 4) is 17.2 Å². The Morgan fingerprint density at radius 3 is 2.73 bits per heavy atom. The number of rotatable bonds is 5. The Morgan fingerprint density at radius 1 is 1.13 bits per heavy atom. The van der Waals surface area contributed by atoms with Gasteiger partial charge in [-0.05, 0) is 47.9 Å². The van der Waals surface area contributed by atoms with Crippen molar-refractivity contribution in [2.24, 2.45) is 5.10 Å². The van der Waals surface area contributed by atoms with Gasteiger partial charge in [-0.1, -0.05) is 48.0 Å². The Labute approximate surface area is 178 Å². The minimum atomic E-state index is -0.808. The molecular formula is C23H19ClN2O4. The van der Waals surface area contributed by atoms with Crippen molar-refractivity contribution < 1.29 is 19.4 Å². The third kappa shape index (κ3) is 4.55. The van der Waals surface area contributed by atoms with Gasteiger partial charge in [0.1, 0.15) is 12.4 Å². The molecule has 0 saturated carbocycles. The number of phenolic OH excluding ortho intramolecular Hbond substituents is 1. The van der Waals surface area contributed by atoms with Gasteiger partial charge in [-0.15, -0.1) is 0 Å². The highest BCUT2D eigenvalue weighted by molar-refractivity contribution is 6.31. The number of nitrogens with one attached hydrogen (secondary N) is 1. The first kappa shape index (κ1) is 19.8. The van der Waals surface area contributed by atoms with Gasteiger partial charge in [-0.3, -0.25) is 4.79 Å². The fourth-order valence-corrected chi connectivity index (χ4v) is 3.27. The fourth-order valence-electron chi connectivity index (χ4n) is 3.07. The first-order valence-corrected chi connectivity index (χ1v) is 9.74. The third-order valence-electron chi connectivity index (χ3n) is 4.62. The predicted molar refractivity (Wildman–Crippen MR) is 114 cm³/mol. The molecule has 0 spiro atoms. The molecule has 152 valence electrons. The summed E-state index contributed by atoms with van der Waals surface area (Å²) in [5.74, 6) is 0.734. The number of halogens is 1. The van der Waals surface area contributed by atoms with E-state index in [1.807, 2.05) is 36.4 Å². The molecule has 2 N–H and O–H groups in total. The molecule has 0 aromatic heterocycles. The Morgan fingerprint density at radius 2 is 1.90 bits per heavy atom. The predicted octanol–water partition coefficient (Wildman–Crippen LogP) is 3.93. The van der Waals surface area contributed by atoms with E-state index in [0.717, 1.165) is 11.1 Å². The highest BCUT2D eigenvalue weighted by atomic mass is 35.5. The van der Waals surface area contributed by atoms with Crippen LogP contribution in [0.2, 0.25) is 5.02 Å². The van der Waals surface area contributed by atoms with Crippen LogP contribution in [0.4, 0.5) is 0 Å². The number of fused-ring (bicyclic) bond motifs is 1. The van der Waals surface area contributed by atoms with Crippen molar-refractivity contribution in [2.45, 2.75) is 12.5 Å². The number of nitrogens with zero attached hydrogens (tertiary/aromatic N) is 1. The molecule has 3 aromatic carbocycles. The van der Waals surface area contributed by atoms with E-state index in [4.69, 9.17) is 21.1 Å². The smallest absolute Gasteiger partial charge is 0.284 e. The zero-order valence-corrected chi connectivity index (χ0v) is 16.7. The molecule has 1 amide bonds. The molecule has 1 atom stereocenters. The molecule has 0 aliphatic carbocycles. The fraction of sp³-hybridized carbons (Fsp3) is 0.130. The summed E-state index contributed by atoms with van der Waals surface area (Å²) in [6.45, 7) is 0.0942. The maximum Gasteiger partial charge on any atom is 0.284 e. The minimum absolute atomic E-state index is 0.0575. The summed E-state index contributed by atoms with van der Waals surface area (Å²) in [6.07, 6.45) is 1.19. The highest BCUT2D eigenvalue weighted by Crippen LogP contribution is 2.30. The molecule has 0 bridgehead atoms. The zero-order chi connectivity index (χ0) is 20.9. The molecule has 0 fully saturated rings. The van der Waals surface area contributed by atoms with E-state index >= 15 is 0 Å². The van der Waals surface area contributed by atoms with Crippen LogP contribution in [0.15, 0.2) is 71.8 Å². The van der Waals surface area contributed by atoms with Crippen molar-refractivity contribution in [1.82, 2.24) is 5.43 Å². The SMILES string of the molecule is O=C(N/N=C/c1cc(Cc2ccccc2Cl)ccc1O)C1COc2ccccc2O1. The maximum atomic E-state index is 12.3. The number of hydrazone groups is 1. The lowest BCUT2D eigenvalue weighted by molar-refractivity contribution is -0.130. The number of para-hydroxylation sites is 2. The summed E-state index contributed by atoms with van der Waals surface area (Å²) in [5, 5.41) is 14.7. The van der Waals surface area contributed by atoms with Gasteiger partial charge in [0, 0.05) is 10.6 Å². The first-order chi connectivity index (χ1) is 14.6. The number of benzene rings is 3. The quantitative estimate of drug-likeness (QED) is 0.482.